The minimum absolute atomic E-state index is 0.680. The van der Waals surface area contributed by atoms with Crippen molar-refractivity contribution >= 4 is 10.8 Å². The summed E-state index contributed by atoms with van der Waals surface area (Å²) in [5.74, 6) is 1.36. The molecule has 58 heavy (non-hydrogen) atoms. The highest BCUT2D eigenvalue weighted by atomic mass is 14.9. The molecular weight excluding hydrogens is 705 g/mol. The van der Waals surface area contributed by atoms with E-state index in [9.17, 15) is 0 Å². The molecular formula is C54H36N4. The highest BCUT2D eigenvalue weighted by Crippen LogP contribution is 2.38. The molecule has 0 aliphatic carbocycles. The molecule has 10 aromatic rings. The largest absolute Gasteiger partial charge is 0.228 e. The third-order valence-corrected chi connectivity index (χ3v) is 10.6. The summed E-state index contributed by atoms with van der Waals surface area (Å²) in [6.07, 6.45) is 0. The predicted octanol–water partition coefficient (Wildman–Crippen LogP) is 13.8. The van der Waals surface area contributed by atoms with Crippen molar-refractivity contribution < 1.29 is 0 Å². The molecule has 0 aliphatic heterocycles. The van der Waals surface area contributed by atoms with E-state index in [1.807, 2.05) is 48.5 Å². The first kappa shape index (κ1) is 34.7. The lowest BCUT2D eigenvalue weighted by Gasteiger charge is -2.14. The van der Waals surface area contributed by atoms with E-state index in [-0.39, 0.29) is 0 Å². The number of aromatic nitrogens is 4. The van der Waals surface area contributed by atoms with Crippen LogP contribution in [0.5, 0.6) is 0 Å². The van der Waals surface area contributed by atoms with Gasteiger partial charge in [0.1, 0.15) is 0 Å². The van der Waals surface area contributed by atoms with Gasteiger partial charge in [0, 0.05) is 33.4 Å². The Bertz CT molecular complexity index is 2790. The molecule has 0 N–H and O–H groups in total. The molecule has 0 unspecified atom stereocenters. The van der Waals surface area contributed by atoms with Gasteiger partial charge in [-0.15, -0.1) is 0 Å². The summed E-state index contributed by atoms with van der Waals surface area (Å²) in [4.78, 5) is 20.7. The molecule has 4 nitrogen and oxygen atoms in total. The zero-order valence-corrected chi connectivity index (χ0v) is 31.6. The lowest BCUT2D eigenvalue weighted by molar-refractivity contribution is 1.18. The van der Waals surface area contributed by atoms with Crippen LogP contribution in [0.15, 0.2) is 218 Å². The van der Waals surface area contributed by atoms with Gasteiger partial charge in [0.25, 0.3) is 0 Å². The van der Waals surface area contributed by atoms with Crippen LogP contribution in [0.3, 0.4) is 0 Å². The summed E-state index contributed by atoms with van der Waals surface area (Å²) in [6.45, 7) is 0. The molecule has 0 bridgehead atoms. The second kappa shape index (κ2) is 15.4. The van der Waals surface area contributed by atoms with Crippen LogP contribution in [0, 0.1) is 0 Å². The second-order valence-electron chi connectivity index (χ2n) is 14.2. The minimum atomic E-state index is 0.680. The van der Waals surface area contributed by atoms with Crippen molar-refractivity contribution in [2.24, 2.45) is 0 Å². The predicted molar refractivity (Wildman–Crippen MR) is 239 cm³/mol. The normalized spacial score (nSPS) is 11.1. The van der Waals surface area contributed by atoms with E-state index in [0.29, 0.717) is 11.6 Å². The standard InChI is InChI=1S/C54H36N4/c1-5-15-37(16-6-1)39-27-31-41(32-28-39)49-35-51(57-53(55-49)43-19-9-3-10-20-43)47-25-13-24-46-45(47)23-14-26-48(46)52-36-50(56-54(58-52)44-21-11-4-12-22-44)42-33-29-40(30-34-42)38-17-7-2-8-18-38/h1-36H. The number of benzene rings is 8. The number of fused-ring (bicyclic) bond motifs is 1. The van der Waals surface area contributed by atoms with Gasteiger partial charge in [-0.2, -0.15) is 0 Å². The number of hydrogen-bond donors (Lipinski definition) is 0. The molecule has 2 aromatic heterocycles. The molecule has 4 heteroatoms. The van der Waals surface area contributed by atoms with Gasteiger partial charge in [0.2, 0.25) is 0 Å². The zero-order valence-electron chi connectivity index (χ0n) is 31.6. The van der Waals surface area contributed by atoms with Crippen molar-refractivity contribution in [2.45, 2.75) is 0 Å². The molecule has 10 rings (SSSR count). The molecule has 0 spiro atoms. The van der Waals surface area contributed by atoms with Crippen LogP contribution in [0.25, 0.3) is 101 Å². The Morgan fingerprint density at radius 1 is 0.207 bits per heavy atom. The Morgan fingerprint density at radius 2 is 0.500 bits per heavy atom. The van der Waals surface area contributed by atoms with Gasteiger partial charge in [0.05, 0.1) is 22.8 Å². The highest BCUT2D eigenvalue weighted by molar-refractivity contribution is 6.04. The van der Waals surface area contributed by atoms with Crippen molar-refractivity contribution in [2.75, 3.05) is 0 Å². The fraction of sp³-hybridized carbons (Fsp3) is 0. The van der Waals surface area contributed by atoms with Crippen LogP contribution in [0.4, 0.5) is 0 Å². The van der Waals surface area contributed by atoms with Crippen LogP contribution in [-0.2, 0) is 0 Å². The smallest absolute Gasteiger partial charge is 0.160 e. The van der Waals surface area contributed by atoms with Crippen molar-refractivity contribution in [3.63, 3.8) is 0 Å². The van der Waals surface area contributed by atoms with Gasteiger partial charge in [-0.3, -0.25) is 0 Å². The molecule has 0 atom stereocenters. The fourth-order valence-corrected chi connectivity index (χ4v) is 7.58. The van der Waals surface area contributed by atoms with Crippen molar-refractivity contribution in [1.82, 2.24) is 19.9 Å². The van der Waals surface area contributed by atoms with Crippen molar-refractivity contribution in [1.29, 1.82) is 0 Å². The molecule has 2 heterocycles. The van der Waals surface area contributed by atoms with E-state index in [0.717, 1.165) is 78.1 Å². The summed E-state index contributed by atoms with van der Waals surface area (Å²) >= 11 is 0. The first-order chi connectivity index (χ1) is 28.7. The molecule has 0 fully saturated rings. The van der Waals surface area contributed by atoms with Gasteiger partial charge in [0.15, 0.2) is 11.6 Å². The van der Waals surface area contributed by atoms with Crippen LogP contribution in [-0.4, -0.2) is 19.9 Å². The highest BCUT2D eigenvalue weighted by Gasteiger charge is 2.17. The summed E-state index contributed by atoms with van der Waals surface area (Å²) in [6, 6.07) is 75.7. The zero-order chi connectivity index (χ0) is 38.7. The van der Waals surface area contributed by atoms with Crippen molar-refractivity contribution in [3.8, 4) is 90.1 Å². The van der Waals surface area contributed by atoms with E-state index in [1.54, 1.807) is 0 Å². The molecule has 0 radical (unpaired) electrons. The number of hydrogen-bond acceptors (Lipinski definition) is 4. The Hall–Kier alpha value is -7.82. The van der Waals surface area contributed by atoms with Crippen LogP contribution < -0.4 is 0 Å². The summed E-state index contributed by atoms with van der Waals surface area (Å²) in [5.41, 5.74) is 14.2. The van der Waals surface area contributed by atoms with E-state index < -0.39 is 0 Å². The van der Waals surface area contributed by atoms with E-state index >= 15 is 0 Å². The molecule has 8 aromatic carbocycles. The SMILES string of the molecule is c1ccc(-c2ccc(-c3cc(-c4cccc5c(-c6cc(-c7ccc(-c8ccccc8)cc7)nc(-c7ccccc7)n6)cccc45)nc(-c4ccccc4)n3)cc2)cc1. The molecule has 0 aliphatic rings. The minimum Gasteiger partial charge on any atom is -0.228 e. The van der Waals surface area contributed by atoms with Crippen molar-refractivity contribution in [3.05, 3.63) is 218 Å². The Labute approximate surface area is 337 Å². The summed E-state index contributed by atoms with van der Waals surface area (Å²) < 4.78 is 0. The first-order valence-corrected chi connectivity index (χ1v) is 19.5. The number of rotatable bonds is 8. The molecule has 272 valence electrons. The van der Waals surface area contributed by atoms with E-state index in [2.05, 4.69) is 170 Å². The lowest BCUT2D eigenvalue weighted by atomic mass is 9.95. The van der Waals surface area contributed by atoms with Gasteiger partial charge >= 0.3 is 0 Å². The number of nitrogens with zero attached hydrogens (tertiary/aromatic N) is 4. The molecule has 0 saturated carbocycles. The van der Waals surface area contributed by atoms with Gasteiger partial charge in [-0.05, 0) is 45.2 Å². The Morgan fingerprint density at radius 3 is 0.862 bits per heavy atom. The topological polar surface area (TPSA) is 51.6 Å². The maximum absolute atomic E-state index is 5.22. The maximum atomic E-state index is 5.22. The average molecular weight is 741 g/mol. The maximum Gasteiger partial charge on any atom is 0.160 e. The molecule has 0 saturated heterocycles. The van der Waals surface area contributed by atoms with Gasteiger partial charge < -0.3 is 0 Å². The van der Waals surface area contributed by atoms with E-state index in [1.165, 1.54) is 11.1 Å². The third kappa shape index (κ3) is 6.95. The van der Waals surface area contributed by atoms with Crippen LogP contribution in [0.1, 0.15) is 0 Å². The monoisotopic (exact) mass is 740 g/mol. The molecule has 0 amide bonds. The van der Waals surface area contributed by atoms with Crippen LogP contribution in [0.2, 0.25) is 0 Å². The third-order valence-electron chi connectivity index (χ3n) is 10.6. The van der Waals surface area contributed by atoms with Gasteiger partial charge in [-0.25, -0.2) is 19.9 Å². The van der Waals surface area contributed by atoms with E-state index in [4.69, 9.17) is 19.9 Å². The fourth-order valence-electron chi connectivity index (χ4n) is 7.58. The summed E-state index contributed by atoms with van der Waals surface area (Å²) in [7, 11) is 0. The summed E-state index contributed by atoms with van der Waals surface area (Å²) in [5, 5.41) is 2.16. The second-order valence-corrected chi connectivity index (χ2v) is 14.2. The average Bonchev–Trinajstić information content (AvgIpc) is 3.32. The van der Waals surface area contributed by atoms with Crippen LogP contribution >= 0.6 is 0 Å². The first-order valence-electron chi connectivity index (χ1n) is 19.5. The Kier molecular flexibility index (Phi) is 9.18. The quantitative estimate of drug-likeness (QED) is 0.156. The van der Waals surface area contributed by atoms with Gasteiger partial charge in [-0.1, -0.05) is 206 Å². The Balaban J connectivity index is 1.10. The lowest BCUT2D eigenvalue weighted by Crippen LogP contribution is -1.98.